The lowest BCUT2D eigenvalue weighted by Gasteiger charge is -2.24. The number of hydrogen-bond donors (Lipinski definition) is 0. The molecule has 0 nitrogen and oxygen atoms in total. The Hall–Kier alpha value is -0.455. The van der Waals surface area contributed by atoms with E-state index in [1.165, 1.54) is 33.0 Å². The average molecular weight is 198 g/mol. The average Bonchev–Trinajstić information content (AvgIpc) is 2.96. The summed E-state index contributed by atoms with van der Waals surface area (Å²) in [5, 5.41) is 0. The van der Waals surface area contributed by atoms with Crippen LogP contribution in [-0.2, 0) is 0 Å². The quantitative estimate of drug-likeness (QED) is 0.472. The third kappa shape index (κ3) is 1.28. The Kier molecular flexibility index (Phi) is 1.75. The lowest BCUT2D eigenvalue weighted by atomic mass is 9.48. The molecule has 0 aromatic rings. The molecule has 6 atom stereocenters. The zero-order chi connectivity index (χ0) is 9.83. The van der Waals surface area contributed by atoms with Crippen LogP contribution in [0.2, 0.25) is 11.6 Å². The second kappa shape index (κ2) is 3.03. The Morgan fingerprint density at radius 1 is 0.667 bits per heavy atom. The van der Waals surface area contributed by atoms with E-state index in [0.717, 1.165) is 35.3 Å². The van der Waals surface area contributed by atoms with Gasteiger partial charge in [0.25, 0.3) is 0 Å². The summed E-state index contributed by atoms with van der Waals surface area (Å²) in [5.74, 6) is 5.98. The molecule has 0 radical (unpaired) electrons. The van der Waals surface area contributed by atoms with E-state index in [1.54, 1.807) is 0 Å². The maximum absolute atomic E-state index is 2.52. The molecule has 4 rings (SSSR count). The summed E-state index contributed by atoms with van der Waals surface area (Å²) in [5.41, 5.74) is 0. The van der Waals surface area contributed by atoms with Crippen molar-refractivity contribution in [2.45, 2.75) is 37.3 Å². The van der Waals surface area contributed by atoms with Crippen LogP contribution in [0.4, 0.5) is 0 Å². The Morgan fingerprint density at radius 3 is 1.53 bits per heavy atom. The van der Waals surface area contributed by atoms with Crippen molar-refractivity contribution in [1.29, 1.82) is 0 Å². The highest BCUT2D eigenvalue weighted by atomic mass is 14.4. The topological polar surface area (TPSA) is 0 Å². The molecule has 15 heavy (non-hydrogen) atoms. The second-order valence-electron chi connectivity index (χ2n) is 6.32. The number of fused-ring (bicyclic) bond motifs is 4. The van der Waals surface area contributed by atoms with Crippen molar-refractivity contribution in [3.8, 4) is 0 Å². The summed E-state index contributed by atoms with van der Waals surface area (Å²) in [6.07, 6.45) is 16.0. The molecular formula is C14H19B. The van der Waals surface area contributed by atoms with Gasteiger partial charge in [0.15, 0.2) is 0 Å². The van der Waals surface area contributed by atoms with E-state index < -0.39 is 0 Å². The molecule has 0 heterocycles. The minimum atomic E-state index is 0.967. The molecule has 0 aromatic carbocycles. The van der Waals surface area contributed by atoms with E-state index in [2.05, 4.69) is 24.3 Å². The zero-order valence-electron chi connectivity index (χ0n) is 9.31. The van der Waals surface area contributed by atoms with Crippen molar-refractivity contribution in [3.05, 3.63) is 24.3 Å². The number of allylic oxidation sites excluding steroid dienone is 4. The molecule has 4 bridgehead atoms. The van der Waals surface area contributed by atoms with Gasteiger partial charge < -0.3 is 0 Å². The van der Waals surface area contributed by atoms with Gasteiger partial charge in [-0.25, -0.2) is 0 Å². The molecule has 0 spiro atoms. The van der Waals surface area contributed by atoms with Crippen LogP contribution in [0.1, 0.15) is 25.7 Å². The summed E-state index contributed by atoms with van der Waals surface area (Å²) in [4.78, 5) is 0. The normalized spacial score (nSPS) is 54.4. The van der Waals surface area contributed by atoms with E-state index in [4.69, 9.17) is 0 Å². The zero-order valence-corrected chi connectivity index (χ0v) is 9.31. The minimum Gasteiger partial charge on any atom is -0.0855 e. The molecule has 0 saturated heterocycles. The lowest BCUT2D eigenvalue weighted by molar-refractivity contribution is 0.637. The predicted octanol–water partition coefficient (Wildman–Crippen LogP) is 3.19. The molecule has 0 aliphatic heterocycles. The smallest absolute Gasteiger partial charge is 0.0855 e. The van der Waals surface area contributed by atoms with E-state index >= 15 is 0 Å². The largest absolute Gasteiger partial charge is 0.129 e. The van der Waals surface area contributed by atoms with Gasteiger partial charge in [-0.3, -0.25) is 0 Å². The first-order valence-electron chi connectivity index (χ1n) is 6.75. The number of hydrogen-bond acceptors (Lipinski definition) is 0. The van der Waals surface area contributed by atoms with Crippen LogP contribution in [0.15, 0.2) is 24.3 Å². The van der Waals surface area contributed by atoms with Crippen LogP contribution in [0.25, 0.3) is 0 Å². The summed E-state index contributed by atoms with van der Waals surface area (Å²) >= 11 is 0. The molecule has 4 aliphatic rings. The monoisotopic (exact) mass is 198 g/mol. The summed E-state index contributed by atoms with van der Waals surface area (Å²) < 4.78 is 0. The van der Waals surface area contributed by atoms with Crippen molar-refractivity contribution in [2.75, 3.05) is 0 Å². The third-order valence-electron chi connectivity index (χ3n) is 5.44. The van der Waals surface area contributed by atoms with Gasteiger partial charge in [-0.2, -0.15) is 0 Å². The standard InChI is InChI=1S/C14H19B/c1-3-11-5-9(1)7-13(11)15-14-8-10-2-4-12(14)6-10/h1-4,9-15H,5-8H2. The van der Waals surface area contributed by atoms with Crippen LogP contribution in [0.5, 0.6) is 0 Å². The molecule has 0 amide bonds. The van der Waals surface area contributed by atoms with Crippen molar-refractivity contribution in [1.82, 2.24) is 0 Å². The van der Waals surface area contributed by atoms with Gasteiger partial charge in [0.2, 0.25) is 0 Å². The molecule has 78 valence electrons. The third-order valence-corrected chi connectivity index (χ3v) is 5.44. The Bertz CT molecular complexity index is 298. The van der Waals surface area contributed by atoms with Crippen LogP contribution in [0, 0.1) is 23.7 Å². The maximum atomic E-state index is 2.52. The molecule has 2 fully saturated rings. The predicted molar refractivity (Wildman–Crippen MR) is 65.4 cm³/mol. The van der Waals surface area contributed by atoms with Crippen molar-refractivity contribution in [3.63, 3.8) is 0 Å². The van der Waals surface area contributed by atoms with Gasteiger partial charge in [0, 0.05) is 0 Å². The van der Waals surface area contributed by atoms with Gasteiger partial charge in [0.1, 0.15) is 7.28 Å². The van der Waals surface area contributed by atoms with E-state index in [0.29, 0.717) is 0 Å². The second-order valence-corrected chi connectivity index (χ2v) is 6.32. The first-order valence-corrected chi connectivity index (χ1v) is 6.75. The van der Waals surface area contributed by atoms with Gasteiger partial charge in [0.05, 0.1) is 0 Å². The van der Waals surface area contributed by atoms with E-state index in [9.17, 15) is 0 Å². The fourth-order valence-corrected chi connectivity index (χ4v) is 4.72. The molecule has 4 aliphatic carbocycles. The molecule has 0 N–H and O–H groups in total. The Labute approximate surface area is 93.1 Å². The first kappa shape index (κ1) is 8.67. The van der Waals surface area contributed by atoms with Crippen LogP contribution in [0.3, 0.4) is 0 Å². The first-order chi connectivity index (χ1) is 7.38. The van der Waals surface area contributed by atoms with Crippen molar-refractivity contribution < 1.29 is 0 Å². The van der Waals surface area contributed by atoms with E-state index in [1.807, 2.05) is 0 Å². The Balaban J connectivity index is 1.45. The van der Waals surface area contributed by atoms with Crippen molar-refractivity contribution >= 4 is 7.28 Å². The SMILES string of the molecule is B(C1CC2C=CC1C2)C1CC2C=CC1C2. The molecule has 6 unspecified atom stereocenters. The highest BCUT2D eigenvalue weighted by Crippen LogP contribution is 2.53. The molecule has 1 heteroatoms. The summed E-state index contributed by atoms with van der Waals surface area (Å²) in [6, 6.07) is 0. The highest BCUT2D eigenvalue weighted by Gasteiger charge is 2.42. The van der Waals surface area contributed by atoms with Crippen molar-refractivity contribution in [2.24, 2.45) is 23.7 Å². The van der Waals surface area contributed by atoms with Gasteiger partial charge in [-0.05, 0) is 36.5 Å². The molecular weight excluding hydrogens is 179 g/mol. The fraction of sp³-hybridized carbons (Fsp3) is 0.714. The van der Waals surface area contributed by atoms with Crippen LogP contribution < -0.4 is 0 Å². The van der Waals surface area contributed by atoms with Gasteiger partial charge in [-0.15, -0.1) is 0 Å². The molecule has 2 saturated carbocycles. The maximum Gasteiger partial charge on any atom is 0.129 e. The van der Waals surface area contributed by atoms with Gasteiger partial charge >= 0.3 is 0 Å². The van der Waals surface area contributed by atoms with Crippen LogP contribution >= 0.6 is 0 Å². The number of rotatable bonds is 2. The summed E-state index contributed by atoms with van der Waals surface area (Å²) in [6.45, 7) is 0. The summed E-state index contributed by atoms with van der Waals surface area (Å²) in [7, 11) is 1.54. The van der Waals surface area contributed by atoms with Crippen LogP contribution in [-0.4, -0.2) is 7.28 Å². The highest BCUT2D eigenvalue weighted by molar-refractivity contribution is 6.40. The van der Waals surface area contributed by atoms with Gasteiger partial charge in [-0.1, -0.05) is 48.8 Å². The lowest BCUT2D eigenvalue weighted by Crippen LogP contribution is -2.17. The van der Waals surface area contributed by atoms with E-state index in [-0.39, 0.29) is 0 Å². The minimum absolute atomic E-state index is 0.967. The Morgan fingerprint density at radius 2 is 1.20 bits per heavy atom. The molecule has 0 aromatic heterocycles. The fourth-order valence-electron chi connectivity index (χ4n) is 4.72.